The van der Waals surface area contributed by atoms with E-state index in [-0.39, 0.29) is 23.0 Å². The lowest BCUT2D eigenvalue weighted by molar-refractivity contribution is -0.120. The van der Waals surface area contributed by atoms with Gasteiger partial charge in [-0.05, 0) is 42.0 Å². The smallest absolute Gasteiger partial charge is 0.221 e. The first-order chi connectivity index (χ1) is 12.5. The molecule has 3 rings (SSSR count). The highest BCUT2D eigenvalue weighted by atomic mass is 32.2. The van der Waals surface area contributed by atoms with E-state index in [1.807, 2.05) is 6.07 Å². The van der Waals surface area contributed by atoms with Gasteiger partial charge in [-0.15, -0.1) is 0 Å². The Morgan fingerprint density at radius 1 is 1.08 bits per heavy atom. The molecule has 1 amide bonds. The van der Waals surface area contributed by atoms with Crippen LogP contribution in [0.15, 0.2) is 76.4 Å². The summed E-state index contributed by atoms with van der Waals surface area (Å²) < 4.78 is 29.7. The van der Waals surface area contributed by atoms with Gasteiger partial charge in [-0.25, -0.2) is 8.42 Å². The number of rotatable bonds is 7. The van der Waals surface area contributed by atoms with Gasteiger partial charge >= 0.3 is 0 Å². The third kappa shape index (κ3) is 4.58. The molecule has 26 heavy (non-hydrogen) atoms. The van der Waals surface area contributed by atoms with Crippen LogP contribution >= 0.6 is 0 Å². The van der Waals surface area contributed by atoms with Crippen molar-refractivity contribution in [2.24, 2.45) is 0 Å². The molecule has 0 spiro atoms. The predicted octanol–water partition coefficient (Wildman–Crippen LogP) is 2.82. The summed E-state index contributed by atoms with van der Waals surface area (Å²) in [4.78, 5) is 16.5. The van der Waals surface area contributed by atoms with Crippen molar-refractivity contribution >= 4 is 15.7 Å². The molecule has 0 radical (unpaired) electrons. The summed E-state index contributed by atoms with van der Waals surface area (Å²) in [5.74, 6) is 0.101. The number of nitrogens with zero attached hydrogens (tertiary/aromatic N) is 1. The topological polar surface area (TPSA) is 89.3 Å². The molecule has 6 nitrogen and oxygen atoms in total. The first-order valence-corrected chi connectivity index (χ1v) is 9.73. The lowest BCUT2D eigenvalue weighted by atomic mass is 10.2. The van der Waals surface area contributed by atoms with Crippen LogP contribution < -0.4 is 5.32 Å². The Kier molecular flexibility index (Phi) is 5.48. The van der Waals surface area contributed by atoms with Crippen LogP contribution in [0.4, 0.5) is 0 Å². The number of nitrogens with one attached hydrogen (secondary N) is 1. The Hall–Kier alpha value is -2.93. The SMILES string of the molecule is O=C(CCS(=O)(=O)c1ccccc1)NCc1ccnc(-c2ccco2)c1. The van der Waals surface area contributed by atoms with E-state index >= 15 is 0 Å². The van der Waals surface area contributed by atoms with E-state index in [9.17, 15) is 13.2 Å². The van der Waals surface area contributed by atoms with Crippen molar-refractivity contribution in [1.82, 2.24) is 10.3 Å². The van der Waals surface area contributed by atoms with Gasteiger partial charge in [-0.3, -0.25) is 9.78 Å². The van der Waals surface area contributed by atoms with Crippen molar-refractivity contribution in [1.29, 1.82) is 0 Å². The molecule has 2 heterocycles. The van der Waals surface area contributed by atoms with Crippen LogP contribution in [0.3, 0.4) is 0 Å². The van der Waals surface area contributed by atoms with Gasteiger partial charge in [-0.1, -0.05) is 18.2 Å². The number of hydrogen-bond donors (Lipinski definition) is 1. The number of sulfone groups is 1. The molecule has 0 unspecified atom stereocenters. The number of hydrogen-bond acceptors (Lipinski definition) is 5. The molecule has 0 aliphatic carbocycles. The van der Waals surface area contributed by atoms with E-state index in [4.69, 9.17) is 4.42 Å². The van der Waals surface area contributed by atoms with E-state index in [0.717, 1.165) is 5.56 Å². The second kappa shape index (κ2) is 7.97. The minimum atomic E-state index is -3.46. The molecule has 3 aromatic rings. The number of amides is 1. The lowest BCUT2D eigenvalue weighted by Crippen LogP contribution is -2.25. The van der Waals surface area contributed by atoms with Crippen LogP contribution in [-0.2, 0) is 21.2 Å². The molecule has 134 valence electrons. The zero-order valence-corrected chi connectivity index (χ0v) is 14.8. The van der Waals surface area contributed by atoms with Crippen LogP contribution in [0, 0.1) is 0 Å². The number of aromatic nitrogens is 1. The fourth-order valence-corrected chi connectivity index (χ4v) is 3.67. The molecular formula is C19H18N2O4S. The molecule has 0 bridgehead atoms. The summed E-state index contributed by atoms with van der Waals surface area (Å²) in [7, 11) is -3.46. The Bertz CT molecular complexity index is 968. The van der Waals surface area contributed by atoms with Gasteiger partial charge in [0.15, 0.2) is 15.6 Å². The first kappa shape index (κ1) is 17.9. The maximum Gasteiger partial charge on any atom is 0.221 e. The molecule has 0 fully saturated rings. The molecule has 0 saturated heterocycles. The maximum absolute atomic E-state index is 12.2. The third-order valence-electron chi connectivity index (χ3n) is 3.79. The van der Waals surface area contributed by atoms with Gasteiger partial charge in [0.2, 0.25) is 5.91 Å². The molecule has 2 aromatic heterocycles. The van der Waals surface area contributed by atoms with Gasteiger partial charge in [0.05, 0.1) is 16.9 Å². The van der Waals surface area contributed by atoms with E-state index in [2.05, 4.69) is 10.3 Å². The van der Waals surface area contributed by atoms with Gasteiger partial charge in [-0.2, -0.15) is 0 Å². The summed E-state index contributed by atoms with van der Waals surface area (Å²) in [6.45, 7) is 0.292. The summed E-state index contributed by atoms with van der Waals surface area (Å²) in [6, 6.07) is 15.3. The van der Waals surface area contributed by atoms with Crippen LogP contribution in [0.5, 0.6) is 0 Å². The highest BCUT2D eigenvalue weighted by molar-refractivity contribution is 7.91. The molecule has 7 heteroatoms. The van der Waals surface area contributed by atoms with Crippen molar-refractivity contribution in [2.75, 3.05) is 5.75 Å². The molecule has 0 atom stereocenters. The van der Waals surface area contributed by atoms with E-state index in [0.29, 0.717) is 18.0 Å². The molecular weight excluding hydrogens is 352 g/mol. The van der Waals surface area contributed by atoms with Crippen LogP contribution in [0.1, 0.15) is 12.0 Å². The van der Waals surface area contributed by atoms with Crippen molar-refractivity contribution in [3.05, 3.63) is 72.6 Å². The maximum atomic E-state index is 12.2. The summed E-state index contributed by atoms with van der Waals surface area (Å²) in [6.07, 6.45) is 3.12. The molecule has 0 aliphatic heterocycles. The summed E-state index contributed by atoms with van der Waals surface area (Å²) >= 11 is 0. The average Bonchev–Trinajstić information content (AvgIpc) is 3.21. The number of benzene rings is 1. The molecule has 0 aliphatic rings. The number of pyridine rings is 1. The van der Waals surface area contributed by atoms with Crippen LogP contribution in [0.25, 0.3) is 11.5 Å². The van der Waals surface area contributed by atoms with Crippen molar-refractivity contribution in [3.8, 4) is 11.5 Å². The second-order valence-electron chi connectivity index (χ2n) is 5.69. The van der Waals surface area contributed by atoms with Crippen LogP contribution in [0.2, 0.25) is 0 Å². The minimum Gasteiger partial charge on any atom is -0.463 e. The predicted molar refractivity (Wildman–Crippen MR) is 96.9 cm³/mol. The Balaban J connectivity index is 1.54. The van der Waals surface area contributed by atoms with Gasteiger partial charge < -0.3 is 9.73 Å². The van der Waals surface area contributed by atoms with Crippen molar-refractivity contribution < 1.29 is 17.6 Å². The summed E-state index contributed by atoms with van der Waals surface area (Å²) in [5.41, 5.74) is 1.53. The van der Waals surface area contributed by atoms with Gasteiger partial charge in [0.25, 0.3) is 0 Å². The lowest BCUT2D eigenvalue weighted by Gasteiger charge is -2.07. The Morgan fingerprint density at radius 2 is 1.88 bits per heavy atom. The Labute approximate surface area is 151 Å². The fraction of sp³-hybridized carbons (Fsp3) is 0.158. The van der Waals surface area contributed by atoms with E-state index in [1.165, 1.54) is 12.1 Å². The number of carbonyl (C=O) groups excluding carboxylic acids is 1. The average molecular weight is 370 g/mol. The van der Waals surface area contributed by atoms with Crippen molar-refractivity contribution in [3.63, 3.8) is 0 Å². The molecule has 1 aromatic carbocycles. The molecule has 0 saturated carbocycles. The van der Waals surface area contributed by atoms with E-state index in [1.54, 1.807) is 48.9 Å². The zero-order chi connectivity index (χ0) is 18.4. The standard InChI is InChI=1S/C19H18N2O4S/c22-19(9-12-26(23,24)16-5-2-1-3-6-16)21-14-15-8-10-20-17(13-15)18-7-4-11-25-18/h1-8,10-11,13H,9,12,14H2,(H,21,22). The minimum absolute atomic E-state index is 0.0899. The highest BCUT2D eigenvalue weighted by Gasteiger charge is 2.16. The van der Waals surface area contributed by atoms with Crippen molar-refractivity contribution in [2.45, 2.75) is 17.9 Å². The largest absolute Gasteiger partial charge is 0.463 e. The Morgan fingerprint density at radius 3 is 2.62 bits per heavy atom. The van der Waals surface area contributed by atoms with E-state index < -0.39 is 9.84 Å². The second-order valence-corrected chi connectivity index (χ2v) is 7.79. The van der Waals surface area contributed by atoms with Gasteiger partial charge in [0.1, 0.15) is 5.69 Å². The third-order valence-corrected chi connectivity index (χ3v) is 5.52. The highest BCUT2D eigenvalue weighted by Crippen LogP contribution is 2.18. The van der Waals surface area contributed by atoms with Gasteiger partial charge in [0, 0.05) is 19.2 Å². The fourth-order valence-electron chi connectivity index (χ4n) is 2.41. The van der Waals surface area contributed by atoms with Crippen LogP contribution in [-0.4, -0.2) is 25.1 Å². The summed E-state index contributed by atoms with van der Waals surface area (Å²) in [5, 5.41) is 2.73. The number of carbonyl (C=O) groups is 1. The zero-order valence-electron chi connectivity index (χ0n) is 14.0. The normalized spacial score (nSPS) is 11.2. The number of furan rings is 1. The molecule has 1 N–H and O–H groups in total. The monoisotopic (exact) mass is 370 g/mol. The first-order valence-electron chi connectivity index (χ1n) is 8.08. The quantitative estimate of drug-likeness (QED) is 0.691.